The predicted molar refractivity (Wildman–Crippen MR) is 56.1 cm³/mol. The highest BCUT2D eigenvalue weighted by Crippen LogP contribution is 2.23. The molecule has 1 unspecified atom stereocenters. The third kappa shape index (κ3) is 2.08. The molecule has 0 N–H and O–H groups in total. The van der Waals surface area contributed by atoms with E-state index in [9.17, 15) is 4.79 Å². The van der Waals surface area contributed by atoms with Gasteiger partial charge in [0.2, 0.25) is 0 Å². The van der Waals surface area contributed by atoms with Gasteiger partial charge in [0, 0.05) is 19.1 Å². The number of ether oxygens (including phenoxy) is 2. The van der Waals surface area contributed by atoms with E-state index in [1.54, 1.807) is 7.11 Å². The molecular weight excluding hydrogens is 192 g/mol. The van der Waals surface area contributed by atoms with Gasteiger partial charge in [0.1, 0.15) is 6.10 Å². The highest BCUT2D eigenvalue weighted by atomic mass is 16.5. The number of carbonyl (C=O) groups excluding carboxylic acids is 1. The first-order valence-corrected chi connectivity index (χ1v) is 5.05. The van der Waals surface area contributed by atoms with Gasteiger partial charge in [-0.15, -0.1) is 0 Å². The second kappa shape index (κ2) is 4.55. The molecule has 1 atom stereocenters. The van der Waals surface area contributed by atoms with Gasteiger partial charge in [-0.2, -0.15) is 0 Å². The molecule has 0 radical (unpaired) electrons. The first-order valence-electron chi connectivity index (χ1n) is 5.05. The minimum absolute atomic E-state index is 0.0988. The Hall–Kier alpha value is -1.19. The molecule has 0 aliphatic heterocycles. The normalized spacial score (nSPS) is 19.3. The van der Waals surface area contributed by atoms with E-state index >= 15 is 0 Å². The van der Waals surface area contributed by atoms with Crippen LogP contribution < -0.4 is 0 Å². The van der Waals surface area contributed by atoms with Crippen molar-refractivity contribution in [1.82, 2.24) is 0 Å². The summed E-state index contributed by atoms with van der Waals surface area (Å²) in [5.74, 6) is 0.0988. The van der Waals surface area contributed by atoms with Crippen LogP contribution in [0.3, 0.4) is 0 Å². The largest absolute Gasteiger partial charge is 0.382 e. The van der Waals surface area contributed by atoms with Crippen LogP contribution in [0.4, 0.5) is 0 Å². The molecule has 0 fully saturated rings. The Labute approximate surface area is 89.0 Å². The molecule has 2 rings (SSSR count). The fourth-order valence-electron chi connectivity index (χ4n) is 1.81. The number of ketones is 1. The lowest BCUT2D eigenvalue weighted by molar-refractivity contribution is 0.0227. The second-order valence-electron chi connectivity index (χ2n) is 3.58. The molecule has 1 aliphatic rings. The van der Waals surface area contributed by atoms with Gasteiger partial charge in [0.15, 0.2) is 5.78 Å². The number of hydrogen-bond donors (Lipinski definition) is 0. The van der Waals surface area contributed by atoms with Crippen molar-refractivity contribution >= 4 is 5.78 Å². The lowest BCUT2D eigenvalue weighted by Gasteiger charge is -2.08. The average Bonchev–Trinajstić information content (AvgIpc) is 2.57. The maximum atomic E-state index is 11.8. The van der Waals surface area contributed by atoms with Crippen molar-refractivity contribution in [2.45, 2.75) is 12.5 Å². The van der Waals surface area contributed by atoms with E-state index in [2.05, 4.69) is 0 Å². The third-order valence-corrected chi connectivity index (χ3v) is 2.59. The SMILES string of the molecule is COCCOC1Cc2ccccc2C1=O. The molecule has 0 amide bonds. The van der Waals surface area contributed by atoms with Crippen molar-refractivity contribution in [1.29, 1.82) is 0 Å². The van der Waals surface area contributed by atoms with Crippen LogP contribution in [0.25, 0.3) is 0 Å². The highest BCUT2D eigenvalue weighted by molar-refractivity contribution is 6.03. The number of hydrogen-bond acceptors (Lipinski definition) is 3. The molecule has 15 heavy (non-hydrogen) atoms. The number of carbonyl (C=O) groups is 1. The van der Waals surface area contributed by atoms with Gasteiger partial charge >= 0.3 is 0 Å². The van der Waals surface area contributed by atoms with Crippen LogP contribution in [0, 0.1) is 0 Å². The Morgan fingerprint density at radius 1 is 1.33 bits per heavy atom. The Kier molecular flexibility index (Phi) is 3.14. The minimum Gasteiger partial charge on any atom is -0.382 e. The Bertz CT molecular complexity index is 360. The molecule has 1 aromatic carbocycles. The smallest absolute Gasteiger partial charge is 0.192 e. The Morgan fingerprint density at radius 2 is 2.13 bits per heavy atom. The van der Waals surface area contributed by atoms with Crippen molar-refractivity contribution in [2.75, 3.05) is 20.3 Å². The lowest BCUT2D eigenvalue weighted by atomic mass is 10.1. The Balaban J connectivity index is 2.01. The summed E-state index contributed by atoms with van der Waals surface area (Å²) in [6.07, 6.45) is 0.385. The minimum atomic E-state index is -0.308. The number of Topliss-reactive ketones (excluding diaryl/α,β-unsaturated/α-hetero) is 1. The van der Waals surface area contributed by atoms with E-state index in [1.807, 2.05) is 24.3 Å². The van der Waals surface area contributed by atoms with Gasteiger partial charge < -0.3 is 9.47 Å². The van der Waals surface area contributed by atoms with Crippen molar-refractivity contribution in [3.8, 4) is 0 Å². The summed E-state index contributed by atoms with van der Waals surface area (Å²) in [7, 11) is 1.62. The highest BCUT2D eigenvalue weighted by Gasteiger charge is 2.30. The van der Waals surface area contributed by atoms with E-state index in [0.717, 1.165) is 11.1 Å². The van der Waals surface area contributed by atoms with E-state index in [4.69, 9.17) is 9.47 Å². The predicted octanol–water partition coefficient (Wildman–Crippen LogP) is 1.46. The van der Waals surface area contributed by atoms with Crippen molar-refractivity contribution in [3.05, 3.63) is 35.4 Å². The van der Waals surface area contributed by atoms with Crippen LogP contribution >= 0.6 is 0 Å². The second-order valence-corrected chi connectivity index (χ2v) is 3.58. The number of fused-ring (bicyclic) bond motifs is 1. The van der Waals surface area contributed by atoms with Gasteiger partial charge in [-0.05, 0) is 5.56 Å². The summed E-state index contributed by atoms with van der Waals surface area (Å²) in [4.78, 5) is 11.8. The van der Waals surface area contributed by atoms with Crippen LogP contribution in [0.2, 0.25) is 0 Å². The number of benzene rings is 1. The third-order valence-electron chi connectivity index (χ3n) is 2.59. The van der Waals surface area contributed by atoms with E-state index in [0.29, 0.717) is 19.6 Å². The molecule has 0 spiro atoms. The summed E-state index contributed by atoms with van der Waals surface area (Å²) >= 11 is 0. The number of rotatable bonds is 4. The zero-order valence-electron chi connectivity index (χ0n) is 8.73. The van der Waals surface area contributed by atoms with Crippen LogP contribution in [0.15, 0.2) is 24.3 Å². The van der Waals surface area contributed by atoms with E-state index in [1.165, 1.54) is 0 Å². The first-order chi connectivity index (χ1) is 7.33. The zero-order chi connectivity index (χ0) is 10.7. The summed E-state index contributed by atoms with van der Waals surface area (Å²) in [5, 5.41) is 0. The molecular formula is C12H14O3. The molecule has 80 valence electrons. The summed E-state index contributed by atoms with van der Waals surface area (Å²) in [5.41, 5.74) is 1.89. The topological polar surface area (TPSA) is 35.5 Å². The molecule has 0 saturated heterocycles. The maximum absolute atomic E-state index is 11.8. The fourth-order valence-corrected chi connectivity index (χ4v) is 1.81. The zero-order valence-corrected chi connectivity index (χ0v) is 8.73. The van der Waals surface area contributed by atoms with Crippen molar-refractivity contribution < 1.29 is 14.3 Å². The fraction of sp³-hybridized carbons (Fsp3) is 0.417. The molecule has 1 aliphatic carbocycles. The molecule has 0 aromatic heterocycles. The first kappa shape index (κ1) is 10.3. The molecule has 0 saturated carbocycles. The van der Waals surface area contributed by atoms with Gasteiger partial charge in [0.05, 0.1) is 13.2 Å². The summed E-state index contributed by atoms with van der Waals surface area (Å²) < 4.78 is 10.3. The molecule has 0 heterocycles. The van der Waals surface area contributed by atoms with Crippen LogP contribution in [-0.4, -0.2) is 32.2 Å². The lowest BCUT2D eigenvalue weighted by Crippen LogP contribution is -2.22. The van der Waals surface area contributed by atoms with E-state index in [-0.39, 0.29) is 11.9 Å². The summed E-state index contributed by atoms with van der Waals surface area (Å²) in [6.45, 7) is 1.00. The summed E-state index contributed by atoms with van der Waals surface area (Å²) in [6, 6.07) is 7.67. The van der Waals surface area contributed by atoms with Crippen LogP contribution in [-0.2, 0) is 15.9 Å². The van der Waals surface area contributed by atoms with Gasteiger partial charge in [-0.25, -0.2) is 0 Å². The number of methoxy groups -OCH3 is 1. The monoisotopic (exact) mass is 206 g/mol. The molecule has 0 bridgehead atoms. The van der Waals surface area contributed by atoms with Gasteiger partial charge in [-0.3, -0.25) is 4.79 Å². The molecule has 3 nitrogen and oxygen atoms in total. The quantitative estimate of drug-likeness (QED) is 0.699. The Morgan fingerprint density at radius 3 is 2.87 bits per heavy atom. The maximum Gasteiger partial charge on any atom is 0.192 e. The molecule has 3 heteroatoms. The molecule has 1 aromatic rings. The average molecular weight is 206 g/mol. The van der Waals surface area contributed by atoms with E-state index < -0.39 is 0 Å². The van der Waals surface area contributed by atoms with Crippen molar-refractivity contribution in [3.63, 3.8) is 0 Å². The van der Waals surface area contributed by atoms with Crippen molar-refractivity contribution in [2.24, 2.45) is 0 Å². The van der Waals surface area contributed by atoms with Crippen LogP contribution in [0.5, 0.6) is 0 Å². The van der Waals surface area contributed by atoms with Crippen LogP contribution in [0.1, 0.15) is 15.9 Å². The van der Waals surface area contributed by atoms with Gasteiger partial charge in [0.25, 0.3) is 0 Å². The standard InChI is InChI=1S/C12H14O3/c1-14-6-7-15-11-8-9-4-2-3-5-10(9)12(11)13/h2-5,11H,6-8H2,1H3. The van der Waals surface area contributed by atoms with Gasteiger partial charge in [-0.1, -0.05) is 24.3 Å².